The third-order valence-corrected chi connectivity index (χ3v) is 5.96. The van der Waals surface area contributed by atoms with Gasteiger partial charge in [0.05, 0.1) is 30.7 Å². The highest BCUT2D eigenvalue weighted by Gasteiger charge is 2.20. The van der Waals surface area contributed by atoms with Crippen molar-refractivity contribution < 1.29 is 17.9 Å². The molecule has 3 rings (SSSR count). The quantitative estimate of drug-likeness (QED) is 0.576. The Morgan fingerprint density at radius 3 is 2.39 bits per heavy atom. The number of benzene rings is 2. The van der Waals surface area contributed by atoms with E-state index in [1.807, 2.05) is 18.2 Å². The fourth-order valence-corrected chi connectivity index (χ4v) is 4.08. The molecule has 0 fully saturated rings. The van der Waals surface area contributed by atoms with Crippen LogP contribution in [0.15, 0.2) is 58.2 Å². The minimum Gasteiger partial charge on any atom is -0.493 e. The number of hydrogen-bond acceptors (Lipinski definition) is 6. The third-order valence-electron chi connectivity index (χ3n) is 4.84. The monoisotopic (exact) mass is 444 g/mol. The summed E-state index contributed by atoms with van der Waals surface area (Å²) in [5.41, 5.74) is 1.45. The molecule has 3 aromatic rings. The zero-order chi connectivity index (χ0) is 22.8. The molecule has 1 amide bonds. The number of nitrogens with one attached hydrogen (secondary N) is 2. The summed E-state index contributed by atoms with van der Waals surface area (Å²) in [5.74, 6) is -0.335. The van der Waals surface area contributed by atoms with E-state index in [1.54, 1.807) is 42.9 Å². The minimum absolute atomic E-state index is 0.0186. The number of nitrogens with zero attached hydrogens (tertiary/aromatic N) is 2. The van der Waals surface area contributed by atoms with Gasteiger partial charge in [0.25, 0.3) is 5.56 Å². The molecule has 9 nitrogen and oxygen atoms in total. The van der Waals surface area contributed by atoms with Crippen LogP contribution in [0, 0.1) is 6.92 Å². The number of sulfone groups is 1. The zero-order valence-electron chi connectivity index (χ0n) is 17.7. The van der Waals surface area contributed by atoms with Gasteiger partial charge in [-0.1, -0.05) is 24.3 Å². The van der Waals surface area contributed by atoms with Crippen LogP contribution in [0.1, 0.15) is 5.69 Å². The number of rotatable bonds is 7. The Morgan fingerprint density at radius 2 is 1.77 bits per heavy atom. The largest absolute Gasteiger partial charge is 0.493 e. The van der Waals surface area contributed by atoms with Crippen LogP contribution in [0.4, 0.5) is 11.4 Å². The first-order valence-electron chi connectivity index (χ1n) is 9.40. The van der Waals surface area contributed by atoms with Crippen molar-refractivity contribution in [1.29, 1.82) is 0 Å². The van der Waals surface area contributed by atoms with E-state index in [0.717, 1.165) is 6.26 Å². The number of ether oxygens (including phenoxy) is 1. The first kappa shape index (κ1) is 22.2. The van der Waals surface area contributed by atoms with Crippen LogP contribution < -0.4 is 20.9 Å². The molecule has 0 aliphatic carbocycles. The Kier molecular flexibility index (Phi) is 6.21. The van der Waals surface area contributed by atoms with E-state index in [0.29, 0.717) is 17.1 Å². The molecule has 0 unspecified atom stereocenters. The molecule has 0 radical (unpaired) electrons. The number of carbonyl (C=O) groups excluding carboxylic acids is 1. The fraction of sp³-hybridized carbons (Fsp3) is 0.238. The Hall–Kier alpha value is -3.53. The lowest BCUT2D eigenvalue weighted by atomic mass is 10.3. The van der Waals surface area contributed by atoms with E-state index in [-0.39, 0.29) is 28.4 Å². The smallest absolute Gasteiger partial charge is 0.295 e. The van der Waals surface area contributed by atoms with Gasteiger partial charge in [-0.05, 0) is 31.2 Å². The van der Waals surface area contributed by atoms with E-state index in [1.165, 1.54) is 17.9 Å². The molecule has 1 aromatic heterocycles. The Bertz CT molecular complexity index is 1280. The van der Waals surface area contributed by atoms with E-state index < -0.39 is 15.7 Å². The van der Waals surface area contributed by atoms with Crippen molar-refractivity contribution in [2.75, 3.05) is 30.5 Å². The van der Waals surface area contributed by atoms with Crippen molar-refractivity contribution >= 4 is 27.1 Å². The van der Waals surface area contributed by atoms with Crippen LogP contribution in [-0.4, -0.2) is 43.6 Å². The summed E-state index contributed by atoms with van der Waals surface area (Å²) in [6.45, 7) is 1.55. The normalized spacial score (nSPS) is 11.2. The molecule has 1 heterocycles. The van der Waals surface area contributed by atoms with Crippen LogP contribution >= 0.6 is 0 Å². The van der Waals surface area contributed by atoms with Crippen molar-refractivity contribution in [3.63, 3.8) is 0 Å². The second-order valence-electron chi connectivity index (χ2n) is 6.95. The molecule has 0 spiro atoms. The van der Waals surface area contributed by atoms with Crippen molar-refractivity contribution in [3.8, 4) is 11.4 Å². The predicted octanol–water partition coefficient (Wildman–Crippen LogP) is 1.95. The number of amides is 1. The number of methoxy groups -OCH3 is 1. The molecular weight excluding hydrogens is 420 g/mol. The Morgan fingerprint density at radius 1 is 1.10 bits per heavy atom. The van der Waals surface area contributed by atoms with Gasteiger partial charge in [-0.25, -0.2) is 13.1 Å². The van der Waals surface area contributed by atoms with Crippen LogP contribution in [0.2, 0.25) is 0 Å². The van der Waals surface area contributed by atoms with E-state index in [9.17, 15) is 18.0 Å². The Balaban J connectivity index is 1.81. The number of carbonyl (C=O) groups is 1. The van der Waals surface area contributed by atoms with Crippen LogP contribution in [0.5, 0.6) is 5.75 Å². The summed E-state index contributed by atoms with van der Waals surface area (Å²) in [6.07, 6.45) is 1.08. The van der Waals surface area contributed by atoms with Crippen molar-refractivity contribution in [1.82, 2.24) is 9.36 Å². The minimum atomic E-state index is -3.51. The molecule has 31 heavy (non-hydrogen) atoms. The maximum Gasteiger partial charge on any atom is 0.295 e. The summed E-state index contributed by atoms with van der Waals surface area (Å²) in [4.78, 5) is 25.5. The van der Waals surface area contributed by atoms with Crippen LogP contribution in [-0.2, 0) is 21.7 Å². The zero-order valence-corrected chi connectivity index (χ0v) is 18.5. The standard InChI is InChI=1S/C21H24N4O5S/c1-14-19(21(27)25(24(14)2)15-9-6-5-7-10-15)23-18(26)13-22-16-11-8-12-17(20(16)30-3)31(4,28)29/h5-12,22H,13H2,1-4H3,(H,23,26). The fourth-order valence-electron chi connectivity index (χ4n) is 3.23. The number of aromatic nitrogens is 2. The predicted molar refractivity (Wildman–Crippen MR) is 119 cm³/mol. The molecule has 0 atom stereocenters. The van der Waals surface area contributed by atoms with Gasteiger partial charge in [0.1, 0.15) is 10.6 Å². The van der Waals surface area contributed by atoms with Gasteiger partial charge >= 0.3 is 0 Å². The second kappa shape index (κ2) is 8.68. The summed E-state index contributed by atoms with van der Waals surface area (Å²) in [5, 5.41) is 5.52. The molecular formula is C21H24N4O5S. The first-order chi connectivity index (χ1) is 14.6. The SMILES string of the molecule is COc1c(NCC(=O)Nc2c(C)n(C)n(-c3ccccc3)c2=O)cccc1S(C)(=O)=O. The van der Waals surface area contributed by atoms with Crippen molar-refractivity contribution in [3.05, 3.63) is 64.6 Å². The summed E-state index contributed by atoms with van der Waals surface area (Å²) in [7, 11) is -0.416. The van der Waals surface area contributed by atoms with Gasteiger partial charge in [-0.3, -0.25) is 14.3 Å². The van der Waals surface area contributed by atoms with Gasteiger partial charge < -0.3 is 15.4 Å². The Labute approximate surface area is 180 Å². The van der Waals surface area contributed by atoms with Gasteiger partial charge in [0.15, 0.2) is 15.6 Å². The van der Waals surface area contributed by atoms with Crippen LogP contribution in [0.3, 0.4) is 0 Å². The van der Waals surface area contributed by atoms with Gasteiger partial charge in [0.2, 0.25) is 5.91 Å². The van der Waals surface area contributed by atoms with Crippen molar-refractivity contribution in [2.24, 2.45) is 7.05 Å². The lowest BCUT2D eigenvalue weighted by Gasteiger charge is -2.14. The third kappa shape index (κ3) is 4.48. The molecule has 2 aromatic carbocycles. The summed E-state index contributed by atoms with van der Waals surface area (Å²) < 4.78 is 32.3. The highest BCUT2D eigenvalue weighted by Crippen LogP contribution is 2.31. The summed E-state index contributed by atoms with van der Waals surface area (Å²) >= 11 is 0. The molecule has 2 N–H and O–H groups in total. The summed E-state index contributed by atoms with van der Waals surface area (Å²) in [6, 6.07) is 13.7. The molecule has 0 bridgehead atoms. The van der Waals surface area contributed by atoms with Gasteiger partial charge in [0, 0.05) is 13.3 Å². The first-order valence-corrected chi connectivity index (χ1v) is 11.3. The number of para-hydroxylation sites is 2. The van der Waals surface area contributed by atoms with Crippen molar-refractivity contribution in [2.45, 2.75) is 11.8 Å². The molecule has 10 heteroatoms. The lowest BCUT2D eigenvalue weighted by Crippen LogP contribution is -2.26. The molecule has 0 aliphatic heterocycles. The highest BCUT2D eigenvalue weighted by molar-refractivity contribution is 7.90. The number of anilines is 2. The lowest BCUT2D eigenvalue weighted by molar-refractivity contribution is -0.114. The van der Waals surface area contributed by atoms with Gasteiger partial charge in [-0.15, -0.1) is 0 Å². The maximum atomic E-state index is 12.9. The molecule has 164 valence electrons. The van der Waals surface area contributed by atoms with E-state index in [2.05, 4.69) is 10.6 Å². The maximum absolute atomic E-state index is 12.9. The van der Waals surface area contributed by atoms with E-state index >= 15 is 0 Å². The van der Waals surface area contributed by atoms with E-state index in [4.69, 9.17) is 4.74 Å². The van der Waals surface area contributed by atoms with Crippen LogP contribution in [0.25, 0.3) is 5.69 Å². The number of hydrogen-bond donors (Lipinski definition) is 2. The highest BCUT2D eigenvalue weighted by atomic mass is 32.2. The topological polar surface area (TPSA) is 111 Å². The molecule has 0 aliphatic rings. The molecule has 0 saturated heterocycles. The van der Waals surface area contributed by atoms with Gasteiger partial charge in [-0.2, -0.15) is 0 Å². The molecule has 0 saturated carbocycles. The average Bonchev–Trinajstić information content (AvgIpc) is 2.95. The average molecular weight is 445 g/mol. The second-order valence-corrected chi connectivity index (χ2v) is 8.93.